The Labute approximate surface area is 118 Å². The summed E-state index contributed by atoms with van der Waals surface area (Å²) in [6.07, 6.45) is 4.47. The van der Waals surface area contributed by atoms with Crippen LogP contribution in [0.4, 0.5) is 5.00 Å². The SMILES string of the molecule is C=c1[nH][nH]c(=O)/c1=C\Nc1sc2c(c1C(N)=O)CCC2. The van der Waals surface area contributed by atoms with Gasteiger partial charge in [-0.15, -0.1) is 11.3 Å². The molecule has 2 heterocycles. The molecule has 0 spiro atoms. The third-order valence-electron chi connectivity index (χ3n) is 3.41. The number of aromatic nitrogens is 2. The highest BCUT2D eigenvalue weighted by Gasteiger charge is 2.24. The fraction of sp³-hybridized carbons (Fsp3) is 0.231. The Kier molecular flexibility index (Phi) is 2.98. The molecular weight excluding hydrogens is 276 g/mol. The molecule has 5 N–H and O–H groups in total. The van der Waals surface area contributed by atoms with Gasteiger partial charge in [0, 0.05) is 11.1 Å². The summed E-state index contributed by atoms with van der Waals surface area (Å²) in [5.74, 6) is -0.432. The lowest BCUT2D eigenvalue weighted by atomic mass is 10.1. The molecule has 7 heteroatoms. The Balaban J connectivity index is 2.05. The zero-order valence-electron chi connectivity index (χ0n) is 10.7. The molecule has 1 aliphatic rings. The van der Waals surface area contributed by atoms with Gasteiger partial charge in [0.1, 0.15) is 5.00 Å². The monoisotopic (exact) mass is 290 g/mol. The topological polar surface area (TPSA) is 104 Å². The van der Waals surface area contributed by atoms with E-state index in [1.54, 1.807) is 6.20 Å². The zero-order valence-corrected chi connectivity index (χ0v) is 11.5. The first-order valence-electron chi connectivity index (χ1n) is 6.24. The van der Waals surface area contributed by atoms with Crippen LogP contribution >= 0.6 is 11.3 Å². The van der Waals surface area contributed by atoms with Crippen molar-refractivity contribution in [3.63, 3.8) is 0 Å². The van der Waals surface area contributed by atoms with E-state index >= 15 is 0 Å². The van der Waals surface area contributed by atoms with Crippen LogP contribution in [-0.4, -0.2) is 16.1 Å². The van der Waals surface area contributed by atoms with Crippen LogP contribution in [0.15, 0.2) is 4.79 Å². The number of thiophene rings is 1. The van der Waals surface area contributed by atoms with E-state index in [0.29, 0.717) is 21.1 Å². The maximum Gasteiger partial charge on any atom is 0.273 e. The molecule has 0 fully saturated rings. The number of carbonyl (C=O) groups excluding carboxylic acids is 1. The number of carbonyl (C=O) groups is 1. The highest BCUT2D eigenvalue weighted by atomic mass is 32.1. The number of rotatable bonds is 3. The van der Waals surface area contributed by atoms with Crippen LogP contribution < -0.4 is 27.2 Å². The second kappa shape index (κ2) is 4.68. The molecule has 0 atom stereocenters. The van der Waals surface area contributed by atoms with Gasteiger partial charge in [0.05, 0.1) is 16.1 Å². The lowest BCUT2D eigenvalue weighted by molar-refractivity contribution is 0.100. The maximum absolute atomic E-state index is 11.6. The van der Waals surface area contributed by atoms with Crippen molar-refractivity contribution in [1.82, 2.24) is 10.2 Å². The molecule has 1 amide bonds. The second-order valence-corrected chi connectivity index (χ2v) is 5.79. The average Bonchev–Trinajstić information content (AvgIpc) is 3.02. The number of hydrogen-bond acceptors (Lipinski definition) is 4. The van der Waals surface area contributed by atoms with E-state index in [1.165, 1.54) is 16.2 Å². The van der Waals surface area contributed by atoms with Gasteiger partial charge in [0.15, 0.2) is 0 Å². The minimum Gasteiger partial charge on any atom is -0.365 e. The van der Waals surface area contributed by atoms with Gasteiger partial charge in [0.2, 0.25) is 0 Å². The average molecular weight is 290 g/mol. The van der Waals surface area contributed by atoms with Crippen LogP contribution in [0.1, 0.15) is 27.2 Å². The molecule has 3 rings (SSSR count). The molecule has 2 aromatic heterocycles. The van der Waals surface area contributed by atoms with Crippen LogP contribution in [0.25, 0.3) is 12.8 Å². The summed E-state index contributed by atoms with van der Waals surface area (Å²) in [4.78, 5) is 24.4. The third-order valence-corrected chi connectivity index (χ3v) is 4.63. The van der Waals surface area contributed by atoms with Gasteiger partial charge in [-0.05, 0) is 24.8 Å². The van der Waals surface area contributed by atoms with Crippen molar-refractivity contribution in [2.75, 3.05) is 5.32 Å². The molecule has 0 saturated carbocycles. The van der Waals surface area contributed by atoms with Crippen molar-refractivity contribution < 1.29 is 4.79 Å². The summed E-state index contributed by atoms with van der Waals surface area (Å²) >= 11 is 1.52. The van der Waals surface area contributed by atoms with Crippen LogP contribution in [0, 0.1) is 0 Å². The Bertz CT molecular complexity index is 812. The molecule has 2 aromatic rings. The van der Waals surface area contributed by atoms with E-state index in [1.807, 2.05) is 0 Å². The van der Waals surface area contributed by atoms with Gasteiger partial charge < -0.3 is 11.1 Å². The van der Waals surface area contributed by atoms with Crippen LogP contribution in [0.3, 0.4) is 0 Å². The normalized spacial score (nSPS) is 14.5. The van der Waals surface area contributed by atoms with Crippen molar-refractivity contribution in [2.45, 2.75) is 19.3 Å². The summed E-state index contributed by atoms with van der Waals surface area (Å²) in [6.45, 7) is 3.71. The standard InChI is InChI=1S/C13H14N4O2S/c1-6-8(12(19)17-16-6)5-15-13-10(11(14)18)7-3-2-4-9(7)20-13/h5,15-16H,1-4H2,(H2,14,18)(H,17,19)/b8-5-. The number of aryl methyl sites for hydroxylation is 1. The van der Waals surface area contributed by atoms with E-state index in [0.717, 1.165) is 24.8 Å². The smallest absolute Gasteiger partial charge is 0.273 e. The maximum atomic E-state index is 11.6. The predicted octanol–water partition coefficient (Wildman–Crippen LogP) is -0.387. The summed E-state index contributed by atoms with van der Waals surface area (Å²) < 4.78 is 0. The largest absolute Gasteiger partial charge is 0.365 e. The molecule has 104 valence electrons. The highest BCUT2D eigenvalue weighted by molar-refractivity contribution is 7.16. The number of primary amides is 1. The van der Waals surface area contributed by atoms with E-state index < -0.39 is 5.91 Å². The van der Waals surface area contributed by atoms with Gasteiger partial charge in [-0.2, -0.15) is 0 Å². The number of anilines is 1. The van der Waals surface area contributed by atoms with Crippen molar-refractivity contribution in [2.24, 2.45) is 5.73 Å². The predicted molar refractivity (Wildman–Crippen MR) is 79.1 cm³/mol. The molecule has 20 heavy (non-hydrogen) atoms. The van der Waals surface area contributed by atoms with Crippen molar-refractivity contribution >= 4 is 35.0 Å². The first-order valence-corrected chi connectivity index (χ1v) is 7.06. The van der Waals surface area contributed by atoms with Gasteiger partial charge in [0.25, 0.3) is 11.5 Å². The minimum atomic E-state index is -0.432. The second-order valence-electron chi connectivity index (χ2n) is 4.69. The van der Waals surface area contributed by atoms with Crippen molar-refractivity contribution in [3.8, 4) is 0 Å². The molecule has 0 unspecified atom stereocenters. The van der Waals surface area contributed by atoms with Crippen LogP contribution in [-0.2, 0) is 12.8 Å². The summed E-state index contributed by atoms with van der Waals surface area (Å²) in [5.41, 5.74) is 6.82. The van der Waals surface area contributed by atoms with Gasteiger partial charge in [-0.25, -0.2) is 0 Å². The Morgan fingerprint density at radius 1 is 1.40 bits per heavy atom. The van der Waals surface area contributed by atoms with E-state index in [-0.39, 0.29) is 5.56 Å². The molecule has 0 bridgehead atoms. The number of aromatic amines is 2. The van der Waals surface area contributed by atoms with E-state index in [9.17, 15) is 9.59 Å². The van der Waals surface area contributed by atoms with Gasteiger partial charge in [-0.1, -0.05) is 6.58 Å². The van der Waals surface area contributed by atoms with Crippen molar-refractivity contribution in [1.29, 1.82) is 0 Å². The molecule has 1 aliphatic carbocycles. The number of nitrogens with two attached hydrogens (primary N) is 1. The lowest BCUT2D eigenvalue weighted by Gasteiger charge is -2.01. The minimum absolute atomic E-state index is 0.257. The Hall–Kier alpha value is -2.28. The van der Waals surface area contributed by atoms with Crippen LogP contribution in [0.5, 0.6) is 0 Å². The lowest BCUT2D eigenvalue weighted by Crippen LogP contribution is -2.33. The summed E-state index contributed by atoms with van der Waals surface area (Å²) in [7, 11) is 0. The fourth-order valence-corrected chi connectivity index (χ4v) is 3.72. The molecule has 0 aromatic carbocycles. The third kappa shape index (κ3) is 1.96. The van der Waals surface area contributed by atoms with E-state index in [4.69, 9.17) is 5.73 Å². The quantitative estimate of drug-likeness (QED) is 0.619. The van der Waals surface area contributed by atoms with E-state index in [2.05, 4.69) is 22.1 Å². The molecule has 0 radical (unpaired) electrons. The highest BCUT2D eigenvalue weighted by Crippen LogP contribution is 2.38. The molecular formula is C13H14N4O2S. The number of H-pyrrole nitrogens is 2. The van der Waals surface area contributed by atoms with Crippen LogP contribution in [0.2, 0.25) is 0 Å². The Morgan fingerprint density at radius 2 is 2.20 bits per heavy atom. The number of hydrogen-bond donors (Lipinski definition) is 4. The molecule has 0 aliphatic heterocycles. The zero-order chi connectivity index (χ0) is 14.3. The Morgan fingerprint density at radius 3 is 2.85 bits per heavy atom. The summed E-state index contributed by atoms with van der Waals surface area (Å²) in [5, 5.41) is 9.71. The fourth-order valence-electron chi connectivity index (χ4n) is 2.46. The summed E-state index contributed by atoms with van der Waals surface area (Å²) in [6, 6.07) is 0. The van der Waals surface area contributed by atoms with Gasteiger partial charge in [-0.3, -0.25) is 19.8 Å². The van der Waals surface area contributed by atoms with Gasteiger partial charge >= 0.3 is 0 Å². The number of nitrogens with one attached hydrogen (secondary N) is 3. The first kappa shape index (κ1) is 12.7. The number of amides is 1. The molecule has 6 nitrogen and oxygen atoms in total. The number of fused-ring (bicyclic) bond motifs is 1. The van der Waals surface area contributed by atoms with Crippen molar-refractivity contribution in [3.05, 3.63) is 36.9 Å². The molecule has 0 saturated heterocycles. The first-order chi connectivity index (χ1) is 9.58.